The predicted molar refractivity (Wildman–Crippen MR) is 200 cm³/mol. The van der Waals surface area contributed by atoms with Gasteiger partial charge in [0.05, 0.1) is 18.2 Å². The maximum atomic E-state index is 13.8. The molecule has 0 aliphatic heterocycles. The normalized spacial score (nSPS) is 14.0. The predicted octanol–water partition coefficient (Wildman–Crippen LogP) is 8.29. The molecule has 0 amide bonds. The SMILES string of the molecule is CCCc1c(C)c(C(=O)O)c(C)c(C)c1OC(=O)c1c(C)cc(OC(=O)c2c(C)c(C)c(OC(=O)C3C(C)=CC(=O)C=C3OC)c(Br)c2O)c(C)c1C. The van der Waals surface area contributed by atoms with Crippen LogP contribution in [0.4, 0.5) is 0 Å². The molecular weight excluding hydrogens is 748 g/mol. The zero-order valence-corrected chi connectivity index (χ0v) is 33.3. The number of esters is 3. The lowest BCUT2D eigenvalue weighted by Gasteiger charge is -2.23. The second-order valence-corrected chi connectivity index (χ2v) is 14.0. The van der Waals surface area contributed by atoms with Crippen LogP contribution < -0.4 is 14.2 Å². The number of phenols is 1. The summed E-state index contributed by atoms with van der Waals surface area (Å²) in [5.41, 5.74) is 5.11. The van der Waals surface area contributed by atoms with Gasteiger partial charge in [-0.25, -0.2) is 14.4 Å². The lowest BCUT2D eigenvalue weighted by molar-refractivity contribution is -0.137. The van der Waals surface area contributed by atoms with Crippen LogP contribution in [0.3, 0.4) is 0 Å². The van der Waals surface area contributed by atoms with E-state index in [9.17, 15) is 34.2 Å². The molecule has 3 aromatic rings. The van der Waals surface area contributed by atoms with Crippen LogP contribution in [0.15, 0.2) is 34.0 Å². The largest absolute Gasteiger partial charge is 0.506 e. The highest BCUT2D eigenvalue weighted by Gasteiger charge is 2.34. The number of phenolic OH excluding ortho intramolecular Hbond substituents is 1. The Morgan fingerprint density at radius 3 is 1.89 bits per heavy atom. The highest BCUT2D eigenvalue weighted by Crippen LogP contribution is 2.44. The maximum absolute atomic E-state index is 13.8. The lowest BCUT2D eigenvalue weighted by atomic mass is 9.90. The van der Waals surface area contributed by atoms with Crippen LogP contribution >= 0.6 is 15.9 Å². The van der Waals surface area contributed by atoms with E-state index in [1.165, 1.54) is 25.3 Å². The highest BCUT2D eigenvalue weighted by atomic mass is 79.9. The number of ether oxygens (including phenoxy) is 4. The molecule has 0 radical (unpaired) electrons. The van der Waals surface area contributed by atoms with Crippen molar-refractivity contribution < 1.29 is 53.1 Å². The third-order valence-corrected chi connectivity index (χ3v) is 10.7. The number of carbonyl (C=O) groups excluding carboxylic acids is 4. The standard InChI is InChI=1S/C41H43BrO11/c1-12-13-27-25(10)32(38(45)46)21(6)23(8)36(27)52-39(47)30-18(3)15-28(19(4)20(30)5)51-41(49)33-22(7)24(9)37(34(42)35(33)44)53-40(48)31-17(2)14-26(43)16-29(31)50-11/h14-16,31,44H,12-13H2,1-11H3,(H,45,46). The van der Waals surface area contributed by atoms with Crippen LogP contribution in [0.2, 0.25) is 0 Å². The number of rotatable bonds is 10. The number of carboxylic acids is 1. The molecule has 0 fully saturated rings. The van der Waals surface area contributed by atoms with Gasteiger partial charge in [0.15, 0.2) is 11.5 Å². The van der Waals surface area contributed by atoms with Gasteiger partial charge in [0, 0.05) is 6.08 Å². The van der Waals surface area contributed by atoms with Crippen molar-refractivity contribution >= 4 is 45.6 Å². The maximum Gasteiger partial charge on any atom is 0.347 e. The number of aryl methyl sites for hydroxylation is 1. The number of hydrogen-bond acceptors (Lipinski definition) is 10. The van der Waals surface area contributed by atoms with Crippen LogP contribution in [0.25, 0.3) is 0 Å². The Balaban J connectivity index is 1.66. The second-order valence-electron chi connectivity index (χ2n) is 13.2. The minimum Gasteiger partial charge on any atom is -0.506 e. The molecule has 2 N–H and O–H groups in total. The molecule has 0 saturated carbocycles. The van der Waals surface area contributed by atoms with Crippen molar-refractivity contribution in [3.05, 3.63) is 101 Å². The van der Waals surface area contributed by atoms with Crippen LogP contribution in [-0.2, 0) is 20.7 Å². The van der Waals surface area contributed by atoms with Gasteiger partial charge >= 0.3 is 23.9 Å². The fraction of sp³-hybridized carbons (Fsp3) is 0.341. The van der Waals surface area contributed by atoms with Gasteiger partial charge in [-0.15, -0.1) is 0 Å². The Bertz CT molecular complexity index is 2140. The van der Waals surface area contributed by atoms with E-state index in [2.05, 4.69) is 15.9 Å². The summed E-state index contributed by atoms with van der Waals surface area (Å²) in [6, 6.07) is 1.54. The van der Waals surface area contributed by atoms with Gasteiger partial charge in [0.2, 0.25) is 0 Å². The van der Waals surface area contributed by atoms with E-state index in [-0.39, 0.29) is 49.8 Å². The van der Waals surface area contributed by atoms with E-state index in [0.29, 0.717) is 68.7 Å². The molecular formula is C41H43BrO11. The van der Waals surface area contributed by atoms with Crippen molar-refractivity contribution in [2.24, 2.45) is 5.92 Å². The lowest BCUT2D eigenvalue weighted by Crippen LogP contribution is -2.28. The first-order chi connectivity index (χ1) is 24.8. The van der Waals surface area contributed by atoms with E-state index in [1.54, 1.807) is 62.3 Å². The van der Waals surface area contributed by atoms with Gasteiger partial charge in [0.1, 0.15) is 39.0 Å². The van der Waals surface area contributed by atoms with Crippen molar-refractivity contribution in [3.63, 3.8) is 0 Å². The summed E-state index contributed by atoms with van der Waals surface area (Å²) in [5.74, 6) is -4.57. The Labute approximate surface area is 316 Å². The zero-order valence-electron chi connectivity index (χ0n) is 31.7. The number of carbonyl (C=O) groups is 5. The summed E-state index contributed by atoms with van der Waals surface area (Å²) in [6.45, 7) is 17.0. The number of ketones is 1. The molecule has 0 aromatic heterocycles. The minimum absolute atomic E-state index is 0.0206. The molecule has 0 spiro atoms. The Kier molecular flexibility index (Phi) is 12.1. The van der Waals surface area contributed by atoms with E-state index in [4.69, 9.17) is 18.9 Å². The molecule has 12 heteroatoms. The van der Waals surface area contributed by atoms with Gasteiger partial charge < -0.3 is 29.2 Å². The number of benzene rings is 3. The summed E-state index contributed by atoms with van der Waals surface area (Å²) < 4.78 is 22.8. The smallest absolute Gasteiger partial charge is 0.347 e. The fourth-order valence-corrected chi connectivity index (χ4v) is 7.26. The summed E-state index contributed by atoms with van der Waals surface area (Å²) in [7, 11) is 1.34. The first kappa shape index (κ1) is 40.5. The van der Waals surface area contributed by atoms with Crippen molar-refractivity contribution in [2.75, 3.05) is 7.11 Å². The average Bonchev–Trinajstić information content (AvgIpc) is 3.08. The topological polar surface area (TPSA) is 163 Å². The minimum atomic E-state index is -1.04. The van der Waals surface area contributed by atoms with Crippen molar-refractivity contribution in [1.82, 2.24) is 0 Å². The molecule has 0 heterocycles. The average molecular weight is 792 g/mol. The van der Waals surface area contributed by atoms with E-state index < -0.39 is 35.5 Å². The second kappa shape index (κ2) is 15.8. The van der Waals surface area contributed by atoms with Crippen molar-refractivity contribution in [1.29, 1.82) is 0 Å². The summed E-state index contributed by atoms with van der Waals surface area (Å²) in [4.78, 5) is 64.8. The number of aromatic hydroxyl groups is 1. The van der Waals surface area contributed by atoms with Crippen molar-refractivity contribution in [3.8, 4) is 23.0 Å². The quantitative estimate of drug-likeness (QED) is 0.150. The van der Waals surface area contributed by atoms with E-state index in [1.807, 2.05) is 6.92 Å². The number of aromatic carboxylic acids is 1. The summed E-state index contributed by atoms with van der Waals surface area (Å²) in [6.07, 6.45) is 3.74. The van der Waals surface area contributed by atoms with Crippen LogP contribution in [0.5, 0.6) is 23.0 Å². The Morgan fingerprint density at radius 1 is 0.736 bits per heavy atom. The Hall–Kier alpha value is -5.23. The molecule has 1 aliphatic carbocycles. The molecule has 0 saturated heterocycles. The third kappa shape index (κ3) is 7.50. The molecule has 11 nitrogen and oxygen atoms in total. The molecule has 0 bridgehead atoms. The van der Waals surface area contributed by atoms with Gasteiger partial charge in [0.25, 0.3) is 0 Å². The fourth-order valence-electron chi connectivity index (χ4n) is 6.68. The number of hydrogen-bond donors (Lipinski definition) is 2. The van der Waals surface area contributed by atoms with E-state index in [0.717, 1.165) is 0 Å². The molecule has 280 valence electrons. The Morgan fingerprint density at radius 2 is 1.30 bits per heavy atom. The monoisotopic (exact) mass is 790 g/mol. The van der Waals surface area contributed by atoms with Gasteiger partial charge in [-0.1, -0.05) is 13.3 Å². The zero-order chi connectivity index (χ0) is 39.8. The van der Waals surface area contributed by atoms with Crippen LogP contribution in [-0.4, -0.2) is 47.0 Å². The highest BCUT2D eigenvalue weighted by molar-refractivity contribution is 9.10. The number of carboxylic acid groups (broad SMARTS) is 1. The third-order valence-electron chi connectivity index (χ3n) is 9.94. The summed E-state index contributed by atoms with van der Waals surface area (Å²) in [5, 5.41) is 21.1. The molecule has 3 aromatic carbocycles. The number of methoxy groups -OCH3 is 1. The van der Waals surface area contributed by atoms with Crippen LogP contribution in [0, 0.1) is 61.3 Å². The molecule has 4 rings (SSSR count). The first-order valence-corrected chi connectivity index (χ1v) is 17.7. The molecule has 53 heavy (non-hydrogen) atoms. The number of halogens is 1. The first-order valence-electron chi connectivity index (χ1n) is 16.9. The summed E-state index contributed by atoms with van der Waals surface area (Å²) >= 11 is 3.28. The molecule has 1 aliphatic rings. The number of allylic oxidation sites excluding steroid dienone is 2. The van der Waals surface area contributed by atoms with E-state index >= 15 is 0 Å². The van der Waals surface area contributed by atoms with Crippen LogP contribution in [0.1, 0.15) is 101 Å². The van der Waals surface area contributed by atoms with Gasteiger partial charge in [-0.05, 0) is 152 Å². The molecule has 1 unspecified atom stereocenters. The molecule has 1 atom stereocenters. The van der Waals surface area contributed by atoms with Crippen molar-refractivity contribution in [2.45, 2.75) is 82.1 Å². The van der Waals surface area contributed by atoms with Gasteiger partial charge in [-0.2, -0.15) is 0 Å². The van der Waals surface area contributed by atoms with Gasteiger partial charge in [-0.3, -0.25) is 9.59 Å².